The molecule has 1 aromatic heterocycles. The highest BCUT2D eigenvalue weighted by Gasteiger charge is 2.41. The van der Waals surface area contributed by atoms with Crippen molar-refractivity contribution < 1.29 is 19.1 Å². The summed E-state index contributed by atoms with van der Waals surface area (Å²) in [6.45, 7) is 3.92. The van der Waals surface area contributed by atoms with Crippen LogP contribution < -0.4 is 0 Å². The van der Waals surface area contributed by atoms with Crippen molar-refractivity contribution in [2.45, 2.75) is 26.4 Å². The zero-order chi connectivity index (χ0) is 22.8. The molecule has 0 radical (unpaired) electrons. The second kappa shape index (κ2) is 9.22. The summed E-state index contributed by atoms with van der Waals surface area (Å²) in [6, 6.07) is 14.5. The summed E-state index contributed by atoms with van der Waals surface area (Å²) in [4.78, 5) is 38.7. The van der Waals surface area contributed by atoms with E-state index in [1.54, 1.807) is 13.0 Å². The molecule has 1 atom stereocenters. The van der Waals surface area contributed by atoms with E-state index in [1.165, 1.54) is 6.92 Å². The summed E-state index contributed by atoms with van der Waals surface area (Å²) in [6.07, 6.45) is 3.64. The van der Waals surface area contributed by atoms with Crippen LogP contribution >= 0.6 is 23.4 Å². The van der Waals surface area contributed by atoms with Crippen LogP contribution in [-0.4, -0.2) is 39.2 Å². The van der Waals surface area contributed by atoms with E-state index in [-0.39, 0.29) is 11.5 Å². The number of aromatic nitrogens is 1. The van der Waals surface area contributed by atoms with E-state index in [4.69, 9.17) is 16.3 Å². The summed E-state index contributed by atoms with van der Waals surface area (Å²) < 4.78 is 7.03. The quantitative estimate of drug-likeness (QED) is 0.361. The molecule has 2 amide bonds. The van der Waals surface area contributed by atoms with Crippen molar-refractivity contribution in [1.82, 2.24) is 9.47 Å². The predicted molar refractivity (Wildman–Crippen MR) is 126 cm³/mol. The molecule has 1 aliphatic rings. The van der Waals surface area contributed by atoms with Crippen LogP contribution in [0.3, 0.4) is 0 Å². The maximum absolute atomic E-state index is 12.9. The number of imide groups is 1. The van der Waals surface area contributed by atoms with E-state index >= 15 is 0 Å². The number of nitrogens with zero attached hydrogens (tertiary/aromatic N) is 2. The minimum Gasteiger partial charge on any atom is -0.464 e. The lowest BCUT2D eigenvalue weighted by atomic mass is 10.1. The third kappa shape index (κ3) is 4.18. The number of hydrogen-bond donors (Lipinski definition) is 0. The Morgan fingerprint density at radius 3 is 2.62 bits per heavy atom. The number of benzene rings is 2. The monoisotopic (exact) mass is 468 g/mol. The van der Waals surface area contributed by atoms with Gasteiger partial charge < -0.3 is 9.30 Å². The van der Waals surface area contributed by atoms with Crippen LogP contribution in [0.25, 0.3) is 17.0 Å². The van der Waals surface area contributed by atoms with E-state index in [0.29, 0.717) is 11.6 Å². The van der Waals surface area contributed by atoms with Gasteiger partial charge in [0.25, 0.3) is 11.1 Å². The van der Waals surface area contributed by atoms with Gasteiger partial charge in [0, 0.05) is 34.2 Å². The maximum Gasteiger partial charge on any atom is 0.329 e. The molecule has 32 heavy (non-hydrogen) atoms. The van der Waals surface area contributed by atoms with Gasteiger partial charge in [0.15, 0.2) is 0 Å². The van der Waals surface area contributed by atoms with Crippen molar-refractivity contribution in [1.29, 1.82) is 0 Å². The number of carbonyl (C=O) groups excluding carboxylic acids is 3. The van der Waals surface area contributed by atoms with E-state index in [2.05, 4.69) is 4.57 Å². The van der Waals surface area contributed by atoms with Crippen molar-refractivity contribution in [3.8, 4) is 0 Å². The molecule has 8 heteroatoms. The third-order valence-corrected chi connectivity index (χ3v) is 6.50. The van der Waals surface area contributed by atoms with Gasteiger partial charge in [0.2, 0.25) is 0 Å². The van der Waals surface area contributed by atoms with Gasteiger partial charge in [-0.2, -0.15) is 0 Å². The summed E-state index contributed by atoms with van der Waals surface area (Å²) in [7, 11) is 0. The molecule has 0 unspecified atom stereocenters. The van der Waals surface area contributed by atoms with Crippen molar-refractivity contribution in [3.05, 3.63) is 75.8 Å². The van der Waals surface area contributed by atoms with Crippen molar-refractivity contribution in [3.63, 3.8) is 0 Å². The average Bonchev–Trinajstić information content (AvgIpc) is 3.26. The first-order valence-electron chi connectivity index (χ1n) is 10.2. The molecule has 3 aromatic rings. The Bertz CT molecular complexity index is 1250. The number of amides is 2. The van der Waals surface area contributed by atoms with E-state index in [9.17, 15) is 14.4 Å². The summed E-state index contributed by atoms with van der Waals surface area (Å²) in [5.41, 5.74) is 2.77. The minimum atomic E-state index is -0.977. The second-order valence-corrected chi connectivity index (χ2v) is 8.70. The van der Waals surface area contributed by atoms with Gasteiger partial charge in [-0.15, -0.1) is 0 Å². The Kier molecular flexibility index (Phi) is 6.39. The lowest BCUT2D eigenvalue weighted by Crippen LogP contribution is -2.42. The molecule has 0 bridgehead atoms. The highest BCUT2D eigenvalue weighted by Crippen LogP contribution is 2.35. The van der Waals surface area contributed by atoms with Gasteiger partial charge in [0.05, 0.1) is 11.5 Å². The number of thioether (sulfide) groups is 1. The molecule has 0 saturated carbocycles. The van der Waals surface area contributed by atoms with Gasteiger partial charge in [-0.3, -0.25) is 14.5 Å². The lowest BCUT2D eigenvalue weighted by Gasteiger charge is -2.19. The van der Waals surface area contributed by atoms with Gasteiger partial charge in [-0.1, -0.05) is 48.0 Å². The highest BCUT2D eigenvalue weighted by molar-refractivity contribution is 8.18. The van der Waals surface area contributed by atoms with Crippen molar-refractivity contribution in [2.75, 3.05) is 6.61 Å². The van der Waals surface area contributed by atoms with Gasteiger partial charge in [0.1, 0.15) is 6.04 Å². The fourth-order valence-electron chi connectivity index (χ4n) is 3.65. The number of esters is 1. The topological polar surface area (TPSA) is 68.6 Å². The zero-order valence-corrected chi connectivity index (χ0v) is 19.2. The first-order chi connectivity index (χ1) is 15.4. The third-order valence-electron chi connectivity index (χ3n) is 5.24. The van der Waals surface area contributed by atoms with Crippen LogP contribution in [0.15, 0.2) is 59.6 Å². The second-order valence-electron chi connectivity index (χ2n) is 7.30. The molecular formula is C24H21ClN2O4S. The molecular weight excluding hydrogens is 448 g/mol. The van der Waals surface area contributed by atoms with E-state index in [0.717, 1.165) is 38.7 Å². The SMILES string of the molecule is CCOC(=O)[C@@H](C)N1C(=O)S/C(=C/c2cn(Cc3ccccc3Cl)c3ccccc23)C1=O. The molecule has 0 spiro atoms. The highest BCUT2D eigenvalue weighted by atomic mass is 35.5. The Balaban J connectivity index is 1.69. The number of halogens is 1. The molecule has 4 rings (SSSR count). The van der Waals surface area contributed by atoms with E-state index in [1.807, 2.05) is 54.7 Å². The Morgan fingerprint density at radius 2 is 1.88 bits per heavy atom. The van der Waals surface area contributed by atoms with Crippen LogP contribution in [0.1, 0.15) is 25.0 Å². The van der Waals surface area contributed by atoms with Crippen LogP contribution in [0.4, 0.5) is 4.79 Å². The minimum absolute atomic E-state index is 0.181. The van der Waals surface area contributed by atoms with Crippen LogP contribution in [-0.2, 0) is 20.9 Å². The van der Waals surface area contributed by atoms with Crippen molar-refractivity contribution in [2.24, 2.45) is 0 Å². The summed E-state index contributed by atoms with van der Waals surface area (Å²) >= 11 is 7.17. The Morgan fingerprint density at radius 1 is 1.16 bits per heavy atom. The number of carbonyl (C=O) groups is 3. The Labute approximate surface area is 194 Å². The number of ether oxygens (including phenoxy) is 1. The predicted octanol–water partition coefficient (Wildman–Crippen LogP) is 5.33. The smallest absolute Gasteiger partial charge is 0.329 e. The molecule has 6 nitrogen and oxygen atoms in total. The number of rotatable bonds is 6. The molecule has 0 aliphatic carbocycles. The summed E-state index contributed by atoms with van der Waals surface area (Å²) in [5.74, 6) is -1.10. The first kappa shape index (κ1) is 22.2. The maximum atomic E-state index is 12.9. The van der Waals surface area contributed by atoms with Gasteiger partial charge >= 0.3 is 5.97 Å². The number of para-hydroxylation sites is 1. The normalized spacial score (nSPS) is 16.2. The molecule has 1 aliphatic heterocycles. The summed E-state index contributed by atoms with van der Waals surface area (Å²) in [5, 5.41) is 1.15. The van der Waals surface area contributed by atoms with Crippen LogP contribution in [0.5, 0.6) is 0 Å². The van der Waals surface area contributed by atoms with Gasteiger partial charge in [-0.05, 0) is 49.4 Å². The molecule has 0 N–H and O–H groups in total. The molecule has 1 saturated heterocycles. The largest absolute Gasteiger partial charge is 0.464 e. The fraction of sp³-hybridized carbons (Fsp3) is 0.208. The molecule has 2 aromatic carbocycles. The fourth-order valence-corrected chi connectivity index (χ4v) is 4.75. The van der Waals surface area contributed by atoms with Crippen molar-refractivity contribution >= 4 is 57.5 Å². The molecule has 164 valence electrons. The van der Waals surface area contributed by atoms with Crippen LogP contribution in [0, 0.1) is 0 Å². The number of fused-ring (bicyclic) bond motifs is 1. The molecule has 2 heterocycles. The average molecular weight is 469 g/mol. The van der Waals surface area contributed by atoms with Crippen LogP contribution in [0.2, 0.25) is 5.02 Å². The zero-order valence-electron chi connectivity index (χ0n) is 17.6. The van der Waals surface area contributed by atoms with Gasteiger partial charge in [-0.25, -0.2) is 4.79 Å². The van der Waals surface area contributed by atoms with E-state index < -0.39 is 23.2 Å². The Hall–Kier alpha value is -3.03. The number of hydrogen-bond acceptors (Lipinski definition) is 5. The molecule has 1 fully saturated rings. The first-order valence-corrected chi connectivity index (χ1v) is 11.3. The lowest BCUT2D eigenvalue weighted by molar-refractivity contribution is -0.150. The standard InChI is InChI=1S/C24H21ClN2O4S/c1-3-31-23(29)15(2)27-22(28)21(32-24(27)30)12-17-14-26(20-11-7-5-9-18(17)20)13-16-8-4-6-10-19(16)25/h4-12,14-15H,3,13H2,1-2H3/b21-12+/t15-/m1/s1.